The van der Waals surface area contributed by atoms with Crippen LogP contribution in [-0.2, 0) is 6.54 Å². The van der Waals surface area contributed by atoms with Gasteiger partial charge in [-0.1, -0.05) is 31.4 Å². The van der Waals surface area contributed by atoms with Gasteiger partial charge in [-0.3, -0.25) is 4.90 Å². The quantitative estimate of drug-likeness (QED) is 0.727. The molecule has 0 amide bonds. The van der Waals surface area contributed by atoms with Gasteiger partial charge in [0, 0.05) is 29.9 Å². The minimum atomic E-state index is -0.232. The molecule has 0 N–H and O–H groups in total. The third-order valence-corrected chi connectivity index (χ3v) is 5.17. The van der Waals surface area contributed by atoms with E-state index in [-0.39, 0.29) is 5.82 Å². The van der Waals surface area contributed by atoms with Gasteiger partial charge in [0.05, 0.1) is 0 Å². The maximum atomic E-state index is 13.2. The molecule has 0 atom stereocenters. The summed E-state index contributed by atoms with van der Waals surface area (Å²) in [5.74, 6) is -0.232. The Bertz CT molecular complexity index is 852. The zero-order chi connectivity index (χ0) is 17.2. The number of pyridine rings is 1. The third-order valence-electron chi connectivity index (χ3n) is 5.17. The summed E-state index contributed by atoms with van der Waals surface area (Å²) in [5, 5.41) is 12.1. The molecule has 6 heteroatoms. The van der Waals surface area contributed by atoms with Gasteiger partial charge in [0.1, 0.15) is 5.82 Å². The monoisotopic (exact) mass is 339 g/mol. The Kier molecular flexibility index (Phi) is 4.44. The highest BCUT2D eigenvalue weighted by Gasteiger charge is 2.20. The standard InChI is InChI=1S/C19H22FN5/c1-24(18-5-3-2-4-6-18)12-16-11-15(13-25-19(16)21-22-23-25)14-7-9-17(20)10-8-14/h7-11,13,18H,2-6,12H2,1H3. The van der Waals surface area contributed by atoms with E-state index in [4.69, 9.17) is 0 Å². The first-order valence-electron chi connectivity index (χ1n) is 8.87. The highest BCUT2D eigenvalue weighted by atomic mass is 19.1. The maximum absolute atomic E-state index is 13.2. The lowest BCUT2D eigenvalue weighted by molar-refractivity contribution is 0.185. The highest BCUT2D eigenvalue weighted by molar-refractivity contribution is 5.66. The summed E-state index contributed by atoms with van der Waals surface area (Å²) in [6.07, 6.45) is 8.39. The van der Waals surface area contributed by atoms with E-state index in [9.17, 15) is 4.39 Å². The number of halogens is 1. The number of fused-ring (bicyclic) bond motifs is 1. The molecule has 0 aliphatic heterocycles. The lowest BCUT2D eigenvalue weighted by Crippen LogP contribution is -2.33. The molecule has 3 aromatic rings. The number of hydrogen-bond donors (Lipinski definition) is 0. The van der Waals surface area contributed by atoms with E-state index >= 15 is 0 Å². The van der Waals surface area contributed by atoms with Crippen molar-refractivity contribution in [3.05, 3.63) is 47.9 Å². The summed E-state index contributed by atoms with van der Waals surface area (Å²) >= 11 is 0. The molecular weight excluding hydrogens is 317 g/mol. The SMILES string of the molecule is CN(Cc1cc(-c2ccc(F)cc2)cn2nnnc12)C1CCCCC1. The first-order chi connectivity index (χ1) is 12.2. The largest absolute Gasteiger partial charge is 0.299 e. The number of nitrogens with zero attached hydrogens (tertiary/aromatic N) is 5. The fraction of sp³-hybridized carbons (Fsp3) is 0.421. The van der Waals surface area contributed by atoms with Gasteiger partial charge in [-0.25, -0.2) is 4.39 Å². The molecule has 0 bridgehead atoms. The number of tetrazole rings is 1. The minimum absolute atomic E-state index is 0.232. The van der Waals surface area contributed by atoms with Crippen molar-refractivity contribution in [3.63, 3.8) is 0 Å². The van der Waals surface area contributed by atoms with Crippen LogP contribution >= 0.6 is 0 Å². The molecule has 1 aliphatic carbocycles. The predicted octanol–water partition coefficient (Wildman–Crippen LogP) is 3.69. The molecule has 0 unspecified atom stereocenters. The van der Waals surface area contributed by atoms with E-state index in [0.717, 1.165) is 28.9 Å². The highest BCUT2D eigenvalue weighted by Crippen LogP contribution is 2.26. The number of rotatable bonds is 4. The topological polar surface area (TPSA) is 46.3 Å². The third kappa shape index (κ3) is 3.39. The number of benzene rings is 1. The maximum Gasteiger partial charge on any atom is 0.183 e. The van der Waals surface area contributed by atoms with Crippen LogP contribution in [0.25, 0.3) is 16.8 Å². The number of hydrogen-bond acceptors (Lipinski definition) is 4. The van der Waals surface area contributed by atoms with Gasteiger partial charge < -0.3 is 0 Å². The van der Waals surface area contributed by atoms with Crippen molar-refractivity contribution in [1.29, 1.82) is 0 Å². The van der Waals surface area contributed by atoms with E-state index in [0.29, 0.717) is 6.04 Å². The second kappa shape index (κ2) is 6.88. The molecule has 1 fully saturated rings. The first kappa shape index (κ1) is 16.1. The molecule has 0 spiro atoms. The zero-order valence-electron chi connectivity index (χ0n) is 14.4. The smallest absolute Gasteiger partial charge is 0.183 e. The van der Waals surface area contributed by atoms with Crippen molar-refractivity contribution in [2.24, 2.45) is 0 Å². The van der Waals surface area contributed by atoms with Crippen molar-refractivity contribution in [2.75, 3.05) is 7.05 Å². The van der Waals surface area contributed by atoms with Crippen LogP contribution in [0.3, 0.4) is 0 Å². The van der Waals surface area contributed by atoms with E-state index in [1.165, 1.54) is 44.2 Å². The van der Waals surface area contributed by atoms with Crippen LogP contribution in [0.15, 0.2) is 36.5 Å². The Labute approximate surface area is 146 Å². The van der Waals surface area contributed by atoms with Gasteiger partial charge >= 0.3 is 0 Å². The van der Waals surface area contributed by atoms with Crippen LogP contribution in [0.4, 0.5) is 4.39 Å². The van der Waals surface area contributed by atoms with Crippen LogP contribution in [0.5, 0.6) is 0 Å². The van der Waals surface area contributed by atoms with Crippen LogP contribution < -0.4 is 0 Å². The minimum Gasteiger partial charge on any atom is -0.299 e. The van der Waals surface area contributed by atoms with Crippen LogP contribution in [0.2, 0.25) is 0 Å². The summed E-state index contributed by atoms with van der Waals surface area (Å²) < 4.78 is 14.9. The van der Waals surface area contributed by atoms with Gasteiger partial charge in [0.25, 0.3) is 0 Å². The van der Waals surface area contributed by atoms with Crippen molar-refractivity contribution in [3.8, 4) is 11.1 Å². The molecule has 25 heavy (non-hydrogen) atoms. The summed E-state index contributed by atoms with van der Waals surface area (Å²) in [5.41, 5.74) is 3.83. The van der Waals surface area contributed by atoms with Crippen LogP contribution in [-0.4, -0.2) is 38.0 Å². The van der Waals surface area contributed by atoms with Crippen molar-refractivity contribution >= 4 is 5.65 Å². The van der Waals surface area contributed by atoms with Gasteiger partial charge in [0.2, 0.25) is 0 Å². The Morgan fingerprint density at radius 3 is 2.64 bits per heavy atom. The average molecular weight is 339 g/mol. The molecule has 4 rings (SSSR count). The normalized spacial score (nSPS) is 16.0. The molecule has 2 heterocycles. The molecule has 5 nitrogen and oxygen atoms in total. The first-order valence-corrected chi connectivity index (χ1v) is 8.87. The Hall–Kier alpha value is -2.34. The van der Waals surface area contributed by atoms with Crippen LogP contribution in [0, 0.1) is 5.82 Å². The molecule has 0 radical (unpaired) electrons. The Morgan fingerprint density at radius 2 is 1.88 bits per heavy atom. The second-order valence-corrected chi connectivity index (χ2v) is 6.91. The summed E-state index contributed by atoms with van der Waals surface area (Å²) in [7, 11) is 2.18. The van der Waals surface area contributed by atoms with Crippen molar-refractivity contribution in [1.82, 2.24) is 24.9 Å². The average Bonchev–Trinajstić information content (AvgIpc) is 3.12. The van der Waals surface area contributed by atoms with Crippen LogP contribution in [0.1, 0.15) is 37.7 Å². The zero-order valence-corrected chi connectivity index (χ0v) is 14.4. The second-order valence-electron chi connectivity index (χ2n) is 6.91. The molecule has 130 valence electrons. The molecule has 0 saturated heterocycles. The Balaban J connectivity index is 1.67. The van der Waals surface area contributed by atoms with Crippen molar-refractivity contribution < 1.29 is 4.39 Å². The fourth-order valence-electron chi connectivity index (χ4n) is 3.75. The number of aromatic nitrogens is 4. The molecule has 2 aromatic heterocycles. The van der Waals surface area contributed by atoms with E-state index in [2.05, 4.69) is 33.5 Å². The predicted molar refractivity (Wildman–Crippen MR) is 94.5 cm³/mol. The van der Waals surface area contributed by atoms with Gasteiger partial charge in [-0.15, -0.1) is 5.10 Å². The van der Waals surface area contributed by atoms with Gasteiger partial charge in [0.15, 0.2) is 5.65 Å². The van der Waals surface area contributed by atoms with Gasteiger partial charge in [-0.2, -0.15) is 4.52 Å². The fourth-order valence-corrected chi connectivity index (χ4v) is 3.75. The lowest BCUT2D eigenvalue weighted by atomic mass is 9.94. The summed E-state index contributed by atoms with van der Waals surface area (Å²) in [6.45, 7) is 0.809. The summed E-state index contributed by atoms with van der Waals surface area (Å²) in [6, 6.07) is 9.28. The molecule has 1 aliphatic rings. The molecule has 1 aromatic carbocycles. The lowest BCUT2D eigenvalue weighted by Gasteiger charge is -2.31. The van der Waals surface area contributed by atoms with Crippen molar-refractivity contribution in [2.45, 2.75) is 44.7 Å². The Morgan fingerprint density at radius 1 is 1.12 bits per heavy atom. The van der Waals surface area contributed by atoms with E-state index < -0.39 is 0 Å². The summed E-state index contributed by atoms with van der Waals surface area (Å²) in [4.78, 5) is 2.41. The molecular formula is C19H22FN5. The van der Waals surface area contributed by atoms with E-state index in [1.54, 1.807) is 16.6 Å². The van der Waals surface area contributed by atoms with Gasteiger partial charge in [-0.05, 0) is 54.1 Å². The van der Waals surface area contributed by atoms with E-state index in [1.807, 2.05) is 6.20 Å². The molecule has 1 saturated carbocycles.